The van der Waals surface area contributed by atoms with Crippen molar-refractivity contribution < 1.29 is 0 Å². The maximum atomic E-state index is 2.42. The molecule has 1 heterocycles. The molecule has 27 heavy (non-hydrogen) atoms. The predicted molar refractivity (Wildman–Crippen MR) is 115 cm³/mol. The number of hydrogen-bond acceptors (Lipinski definition) is 1. The van der Waals surface area contributed by atoms with Gasteiger partial charge >= 0.3 is 0 Å². The van der Waals surface area contributed by atoms with Gasteiger partial charge in [0.25, 0.3) is 0 Å². The monoisotopic (exact) mass is 347 g/mol. The molecule has 0 saturated heterocycles. The number of rotatable bonds is 2. The highest BCUT2D eigenvalue weighted by atomic mass is 15.1. The predicted octanol–water partition coefficient (Wildman–Crippen LogP) is 6.46. The summed E-state index contributed by atoms with van der Waals surface area (Å²) in [6.07, 6.45) is 2.42. The van der Waals surface area contributed by atoms with Gasteiger partial charge in [0.2, 0.25) is 0 Å². The molecule has 1 heteroatoms. The van der Waals surface area contributed by atoms with E-state index in [9.17, 15) is 0 Å². The zero-order valence-electron chi connectivity index (χ0n) is 15.3. The van der Waals surface area contributed by atoms with E-state index >= 15 is 0 Å². The van der Waals surface area contributed by atoms with Crippen LogP contribution in [0.3, 0.4) is 0 Å². The van der Waals surface area contributed by atoms with Gasteiger partial charge < -0.3 is 4.90 Å². The molecule has 5 rings (SSSR count). The molecule has 1 unspecified atom stereocenters. The van der Waals surface area contributed by atoms with E-state index in [2.05, 4.69) is 115 Å². The average molecular weight is 347 g/mol. The van der Waals surface area contributed by atoms with Crippen LogP contribution in [-0.4, -0.2) is 7.05 Å². The Bertz CT molecular complexity index is 1140. The molecular formula is C26H21N. The number of anilines is 1. The van der Waals surface area contributed by atoms with Gasteiger partial charge in [-0.2, -0.15) is 0 Å². The maximum absolute atomic E-state index is 2.42. The largest absolute Gasteiger partial charge is 0.344 e. The number of allylic oxidation sites excluding steroid dienone is 1. The third kappa shape index (κ3) is 2.63. The number of para-hydroxylation sites is 1. The van der Waals surface area contributed by atoms with Crippen molar-refractivity contribution in [3.8, 4) is 0 Å². The Hall–Kier alpha value is -3.32. The Morgan fingerprint density at radius 2 is 1.30 bits per heavy atom. The Balaban J connectivity index is 1.77. The fraction of sp³-hybridized carbons (Fsp3) is 0.0769. The number of nitrogens with zero attached hydrogens (tertiary/aromatic N) is 1. The summed E-state index contributed by atoms with van der Waals surface area (Å²) < 4.78 is 0. The molecule has 4 aromatic rings. The van der Waals surface area contributed by atoms with Gasteiger partial charge in [-0.1, -0.05) is 91.0 Å². The molecule has 0 fully saturated rings. The first-order valence-corrected chi connectivity index (χ1v) is 9.40. The van der Waals surface area contributed by atoms with E-state index in [4.69, 9.17) is 0 Å². The van der Waals surface area contributed by atoms with Crippen LogP contribution in [0, 0.1) is 0 Å². The molecule has 0 spiro atoms. The van der Waals surface area contributed by atoms with Crippen LogP contribution < -0.4 is 4.90 Å². The van der Waals surface area contributed by atoms with Gasteiger partial charge in [0.1, 0.15) is 0 Å². The maximum Gasteiger partial charge on any atom is 0.0450 e. The molecule has 0 aromatic heterocycles. The smallest absolute Gasteiger partial charge is 0.0450 e. The molecule has 1 aliphatic heterocycles. The number of hydrogen-bond donors (Lipinski definition) is 0. The van der Waals surface area contributed by atoms with Crippen molar-refractivity contribution in [2.24, 2.45) is 0 Å². The molecule has 130 valence electrons. The molecule has 0 aliphatic carbocycles. The van der Waals surface area contributed by atoms with Crippen LogP contribution in [0.1, 0.15) is 22.6 Å². The lowest BCUT2D eigenvalue weighted by Crippen LogP contribution is -2.23. The molecule has 1 aliphatic rings. The fourth-order valence-electron chi connectivity index (χ4n) is 4.22. The van der Waals surface area contributed by atoms with Gasteiger partial charge in [-0.25, -0.2) is 0 Å². The molecule has 0 saturated carbocycles. The van der Waals surface area contributed by atoms with Crippen LogP contribution in [0.25, 0.3) is 16.5 Å². The molecule has 1 atom stereocenters. The van der Waals surface area contributed by atoms with E-state index in [1.807, 2.05) is 0 Å². The molecule has 0 bridgehead atoms. The first-order valence-electron chi connectivity index (χ1n) is 9.40. The number of fused-ring (bicyclic) bond motifs is 2. The lowest BCUT2D eigenvalue weighted by atomic mass is 9.83. The summed E-state index contributed by atoms with van der Waals surface area (Å²) in [7, 11) is 2.16. The molecule has 0 amide bonds. The van der Waals surface area contributed by atoms with Crippen LogP contribution >= 0.6 is 0 Å². The van der Waals surface area contributed by atoms with E-state index in [1.165, 1.54) is 38.8 Å². The minimum absolute atomic E-state index is 0.235. The van der Waals surface area contributed by atoms with E-state index < -0.39 is 0 Å². The van der Waals surface area contributed by atoms with Gasteiger partial charge in [0.05, 0.1) is 0 Å². The topological polar surface area (TPSA) is 3.24 Å². The standard InChI is InChI=1S/C26H21N/c1-27-25-17-8-7-15-23(25)24(18-26(27)20-11-3-2-4-12-20)22-16-9-13-19-10-5-6-14-21(19)22/h2-18,24H,1H3. The zero-order chi connectivity index (χ0) is 18.2. The lowest BCUT2D eigenvalue weighted by molar-refractivity contribution is 0.985. The van der Waals surface area contributed by atoms with Crippen molar-refractivity contribution >= 4 is 22.2 Å². The van der Waals surface area contributed by atoms with Crippen molar-refractivity contribution in [3.05, 3.63) is 120 Å². The highest BCUT2D eigenvalue weighted by molar-refractivity contribution is 5.90. The summed E-state index contributed by atoms with van der Waals surface area (Å²) in [6, 6.07) is 34.8. The third-order valence-corrected chi connectivity index (χ3v) is 5.55. The Morgan fingerprint density at radius 3 is 2.19 bits per heavy atom. The summed E-state index contributed by atoms with van der Waals surface area (Å²) >= 11 is 0. The number of benzene rings is 4. The summed E-state index contributed by atoms with van der Waals surface area (Å²) in [5.74, 6) is 0.235. The molecular weight excluding hydrogens is 326 g/mol. The van der Waals surface area contributed by atoms with Crippen LogP contribution in [0.15, 0.2) is 103 Å². The van der Waals surface area contributed by atoms with E-state index in [0.29, 0.717) is 0 Å². The second-order valence-corrected chi connectivity index (χ2v) is 7.08. The van der Waals surface area contributed by atoms with Gasteiger partial charge in [0.15, 0.2) is 0 Å². The van der Waals surface area contributed by atoms with Crippen LogP contribution in [0.2, 0.25) is 0 Å². The Kier molecular flexibility index (Phi) is 3.79. The Morgan fingerprint density at radius 1 is 0.630 bits per heavy atom. The lowest BCUT2D eigenvalue weighted by Gasteiger charge is -2.34. The second kappa shape index (κ2) is 6.44. The van der Waals surface area contributed by atoms with Crippen LogP contribution in [0.5, 0.6) is 0 Å². The minimum Gasteiger partial charge on any atom is -0.344 e. The van der Waals surface area contributed by atoms with E-state index in [1.54, 1.807) is 0 Å². The minimum atomic E-state index is 0.235. The van der Waals surface area contributed by atoms with Crippen LogP contribution in [-0.2, 0) is 0 Å². The summed E-state index contributed by atoms with van der Waals surface area (Å²) in [4.78, 5) is 2.31. The molecule has 1 nitrogen and oxygen atoms in total. The SMILES string of the molecule is CN1C(c2ccccc2)=CC(c2cccc3ccccc23)c2ccccc21. The summed E-state index contributed by atoms with van der Waals surface area (Å²) in [5, 5.41) is 2.62. The van der Waals surface area contributed by atoms with Crippen molar-refractivity contribution in [2.75, 3.05) is 11.9 Å². The zero-order valence-corrected chi connectivity index (χ0v) is 15.3. The molecule has 0 N–H and O–H groups in total. The third-order valence-electron chi connectivity index (χ3n) is 5.55. The summed E-state index contributed by atoms with van der Waals surface area (Å²) in [5.41, 5.74) is 6.50. The highest BCUT2D eigenvalue weighted by Gasteiger charge is 2.26. The fourth-order valence-corrected chi connectivity index (χ4v) is 4.22. The van der Waals surface area contributed by atoms with Gasteiger partial charge in [-0.3, -0.25) is 0 Å². The van der Waals surface area contributed by atoms with Gasteiger partial charge in [0, 0.05) is 24.4 Å². The molecule has 4 aromatic carbocycles. The normalized spacial score (nSPS) is 16.1. The first kappa shape index (κ1) is 15.9. The van der Waals surface area contributed by atoms with Crippen molar-refractivity contribution in [1.29, 1.82) is 0 Å². The summed E-state index contributed by atoms with van der Waals surface area (Å²) in [6.45, 7) is 0. The quantitative estimate of drug-likeness (QED) is 0.402. The second-order valence-electron chi connectivity index (χ2n) is 7.08. The highest BCUT2D eigenvalue weighted by Crippen LogP contribution is 2.43. The van der Waals surface area contributed by atoms with Crippen molar-refractivity contribution in [2.45, 2.75) is 5.92 Å². The first-order chi connectivity index (χ1) is 13.3. The van der Waals surface area contributed by atoms with Gasteiger partial charge in [-0.05, 0) is 39.6 Å². The van der Waals surface area contributed by atoms with Crippen molar-refractivity contribution in [3.63, 3.8) is 0 Å². The van der Waals surface area contributed by atoms with E-state index in [-0.39, 0.29) is 5.92 Å². The Labute approximate surface area is 160 Å². The van der Waals surface area contributed by atoms with Crippen LogP contribution in [0.4, 0.5) is 5.69 Å². The van der Waals surface area contributed by atoms with Gasteiger partial charge in [-0.15, -0.1) is 0 Å². The van der Waals surface area contributed by atoms with Crippen molar-refractivity contribution in [1.82, 2.24) is 0 Å². The van der Waals surface area contributed by atoms with E-state index in [0.717, 1.165) is 0 Å². The molecule has 0 radical (unpaired) electrons. The average Bonchev–Trinajstić information content (AvgIpc) is 2.75.